The van der Waals surface area contributed by atoms with Crippen molar-refractivity contribution in [1.29, 1.82) is 0 Å². The third-order valence-electron chi connectivity index (χ3n) is 5.51. The van der Waals surface area contributed by atoms with Gasteiger partial charge in [-0.1, -0.05) is 42.5 Å². The molecule has 3 aromatic heterocycles. The summed E-state index contributed by atoms with van der Waals surface area (Å²) in [5, 5.41) is 7.95. The maximum Gasteiger partial charge on any atom is 0.245 e. The Balaban J connectivity index is 1.44. The lowest BCUT2D eigenvalue weighted by Crippen LogP contribution is -2.16. The van der Waals surface area contributed by atoms with Gasteiger partial charge in [-0.3, -0.25) is 4.98 Å². The zero-order chi connectivity index (χ0) is 23.5. The second-order valence-electron chi connectivity index (χ2n) is 7.79. The molecular formula is C25H22N6O2S. The van der Waals surface area contributed by atoms with Crippen molar-refractivity contribution in [3.8, 4) is 22.4 Å². The lowest BCUT2D eigenvalue weighted by molar-refractivity contribution is 0.487. The van der Waals surface area contributed by atoms with E-state index in [-0.39, 0.29) is 6.54 Å². The number of pyridine rings is 1. The first-order valence-electron chi connectivity index (χ1n) is 10.6. The minimum absolute atomic E-state index is 0.279. The fourth-order valence-electron chi connectivity index (χ4n) is 3.78. The maximum absolute atomic E-state index is 11.4. The Morgan fingerprint density at radius 1 is 0.912 bits per heavy atom. The van der Waals surface area contributed by atoms with Crippen LogP contribution >= 0.6 is 0 Å². The fraction of sp³-hybridized carbons (Fsp3) is 0.0800. The summed E-state index contributed by atoms with van der Waals surface area (Å²) in [6.45, 7) is 0.279. The SMILES string of the molecule is CN(Cc1ccccc1-c1ccc2cnc(Nc3ccc(-c4cccnc4)cc3)nn12)[SH](=O)=O. The molecule has 0 atom stereocenters. The molecule has 5 aromatic rings. The minimum Gasteiger partial charge on any atom is -0.323 e. The second-order valence-corrected chi connectivity index (χ2v) is 8.95. The van der Waals surface area contributed by atoms with Gasteiger partial charge in [0.1, 0.15) is 0 Å². The first-order chi connectivity index (χ1) is 16.6. The number of anilines is 2. The van der Waals surface area contributed by atoms with Gasteiger partial charge in [-0.2, -0.15) is 0 Å². The van der Waals surface area contributed by atoms with E-state index < -0.39 is 10.9 Å². The van der Waals surface area contributed by atoms with Crippen LogP contribution in [0.4, 0.5) is 11.6 Å². The standard InChI is InChI=1S/C25H22N6O2S/c1-30(34(32)33)17-20-5-2-3-7-23(20)24-13-12-22-16-27-25(29-31(22)24)28-21-10-8-18(9-11-21)19-6-4-14-26-15-19/h2-16,34H,17H2,1H3,(H,28,29). The number of hydrogen-bond acceptors (Lipinski definition) is 6. The average molecular weight is 471 g/mol. The van der Waals surface area contributed by atoms with Gasteiger partial charge in [0.15, 0.2) is 0 Å². The highest BCUT2D eigenvalue weighted by atomic mass is 32.2. The molecule has 9 heteroatoms. The molecule has 0 aliphatic rings. The van der Waals surface area contributed by atoms with Crippen LogP contribution in [0.3, 0.4) is 0 Å². The number of nitrogens with one attached hydrogen (secondary N) is 1. The quantitative estimate of drug-likeness (QED) is 0.347. The number of hydrogen-bond donors (Lipinski definition) is 2. The Labute approximate surface area is 198 Å². The maximum atomic E-state index is 11.4. The molecule has 0 saturated heterocycles. The number of thiol groups is 1. The van der Waals surface area contributed by atoms with Gasteiger partial charge in [-0.25, -0.2) is 22.2 Å². The highest BCUT2D eigenvalue weighted by Crippen LogP contribution is 2.27. The van der Waals surface area contributed by atoms with Crippen molar-refractivity contribution >= 4 is 28.0 Å². The molecule has 0 bridgehead atoms. The highest BCUT2D eigenvalue weighted by Gasteiger charge is 2.13. The second kappa shape index (κ2) is 9.42. The van der Waals surface area contributed by atoms with Crippen molar-refractivity contribution in [1.82, 2.24) is 23.9 Å². The molecule has 0 amide bonds. The third kappa shape index (κ3) is 4.52. The summed E-state index contributed by atoms with van der Waals surface area (Å²) in [6.07, 6.45) is 5.34. The fourth-order valence-corrected chi connectivity index (χ4v) is 4.05. The van der Waals surface area contributed by atoms with Crippen molar-refractivity contribution in [2.75, 3.05) is 12.4 Å². The summed E-state index contributed by atoms with van der Waals surface area (Å²) < 4.78 is 25.8. The van der Waals surface area contributed by atoms with Crippen LogP contribution in [0.2, 0.25) is 0 Å². The minimum atomic E-state index is -2.65. The van der Waals surface area contributed by atoms with E-state index >= 15 is 0 Å². The van der Waals surface area contributed by atoms with Gasteiger partial charge in [0.2, 0.25) is 16.8 Å². The summed E-state index contributed by atoms with van der Waals surface area (Å²) in [5.74, 6) is 0.455. The molecule has 3 heterocycles. The average Bonchev–Trinajstić information content (AvgIpc) is 3.28. The van der Waals surface area contributed by atoms with Gasteiger partial charge in [0.25, 0.3) is 0 Å². The topological polar surface area (TPSA) is 92.5 Å². The highest BCUT2D eigenvalue weighted by molar-refractivity contribution is 7.69. The van der Waals surface area contributed by atoms with E-state index in [4.69, 9.17) is 5.10 Å². The molecule has 0 aliphatic carbocycles. The monoisotopic (exact) mass is 470 g/mol. The zero-order valence-corrected chi connectivity index (χ0v) is 19.3. The first-order valence-corrected chi connectivity index (χ1v) is 11.8. The van der Waals surface area contributed by atoms with E-state index in [2.05, 4.69) is 15.3 Å². The van der Waals surface area contributed by atoms with E-state index in [0.717, 1.165) is 39.2 Å². The number of aromatic nitrogens is 4. The molecule has 0 fully saturated rings. The molecule has 2 aromatic carbocycles. The molecule has 5 rings (SSSR count). The predicted octanol–water partition coefficient (Wildman–Crippen LogP) is 4.16. The van der Waals surface area contributed by atoms with Crippen LogP contribution in [0.5, 0.6) is 0 Å². The van der Waals surface area contributed by atoms with E-state index in [1.54, 1.807) is 19.4 Å². The molecule has 0 spiro atoms. The smallest absolute Gasteiger partial charge is 0.245 e. The van der Waals surface area contributed by atoms with Gasteiger partial charge in [-0.15, -0.1) is 5.10 Å². The Kier molecular flexibility index (Phi) is 6.03. The van der Waals surface area contributed by atoms with Crippen LogP contribution in [0.1, 0.15) is 5.56 Å². The van der Waals surface area contributed by atoms with Crippen molar-refractivity contribution in [3.63, 3.8) is 0 Å². The summed E-state index contributed by atoms with van der Waals surface area (Å²) in [7, 11) is -1.10. The number of nitrogens with zero attached hydrogens (tertiary/aromatic N) is 5. The van der Waals surface area contributed by atoms with Crippen LogP contribution < -0.4 is 5.32 Å². The molecular weight excluding hydrogens is 448 g/mol. The molecule has 34 heavy (non-hydrogen) atoms. The molecule has 170 valence electrons. The molecule has 0 radical (unpaired) electrons. The van der Waals surface area contributed by atoms with Gasteiger partial charge >= 0.3 is 0 Å². The molecule has 0 saturated carbocycles. The van der Waals surface area contributed by atoms with Gasteiger partial charge in [-0.05, 0) is 47.0 Å². The van der Waals surface area contributed by atoms with E-state index in [1.165, 1.54) is 4.31 Å². The predicted molar refractivity (Wildman–Crippen MR) is 133 cm³/mol. The van der Waals surface area contributed by atoms with Crippen LogP contribution in [0.25, 0.3) is 27.9 Å². The normalized spacial score (nSPS) is 11.4. The zero-order valence-electron chi connectivity index (χ0n) is 18.4. The lowest BCUT2D eigenvalue weighted by atomic mass is 10.0. The molecule has 0 aliphatic heterocycles. The number of benzene rings is 2. The molecule has 1 N–H and O–H groups in total. The van der Waals surface area contributed by atoms with Crippen LogP contribution in [0.15, 0.2) is 91.4 Å². The van der Waals surface area contributed by atoms with E-state index in [1.807, 2.05) is 83.5 Å². The Hall–Kier alpha value is -4.08. The summed E-state index contributed by atoms with van der Waals surface area (Å²) in [5.41, 5.74) is 6.49. The largest absolute Gasteiger partial charge is 0.323 e. The number of fused-ring (bicyclic) bond motifs is 1. The van der Waals surface area contributed by atoms with Crippen LogP contribution in [-0.4, -0.2) is 39.4 Å². The van der Waals surface area contributed by atoms with Crippen molar-refractivity contribution in [2.45, 2.75) is 6.54 Å². The Morgan fingerprint density at radius 2 is 1.74 bits per heavy atom. The lowest BCUT2D eigenvalue weighted by Gasteiger charge is -2.13. The van der Waals surface area contributed by atoms with Crippen molar-refractivity contribution in [3.05, 3.63) is 97.0 Å². The van der Waals surface area contributed by atoms with Crippen LogP contribution in [0, 0.1) is 0 Å². The Morgan fingerprint density at radius 3 is 2.50 bits per heavy atom. The van der Waals surface area contributed by atoms with Crippen LogP contribution in [-0.2, 0) is 17.4 Å². The number of rotatable bonds is 7. The van der Waals surface area contributed by atoms with E-state index in [0.29, 0.717) is 5.95 Å². The van der Waals surface area contributed by atoms with Gasteiger partial charge in [0, 0.05) is 37.2 Å². The summed E-state index contributed by atoms with van der Waals surface area (Å²) >= 11 is 0. The molecule has 8 nitrogen and oxygen atoms in total. The van der Waals surface area contributed by atoms with Gasteiger partial charge in [0.05, 0.1) is 17.4 Å². The summed E-state index contributed by atoms with van der Waals surface area (Å²) in [6, 6.07) is 23.5. The third-order valence-corrected chi connectivity index (χ3v) is 6.20. The van der Waals surface area contributed by atoms with Crippen molar-refractivity contribution < 1.29 is 8.42 Å². The first kappa shape index (κ1) is 21.7. The van der Waals surface area contributed by atoms with Crippen molar-refractivity contribution in [2.24, 2.45) is 0 Å². The summed E-state index contributed by atoms with van der Waals surface area (Å²) in [4.78, 5) is 8.61. The molecule has 0 unspecified atom stereocenters. The van der Waals surface area contributed by atoms with E-state index in [9.17, 15) is 8.42 Å². The van der Waals surface area contributed by atoms with Gasteiger partial charge < -0.3 is 5.32 Å². The Bertz CT molecular complexity index is 1510.